The van der Waals surface area contributed by atoms with Gasteiger partial charge in [-0.3, -0.25) is 0 Å². The molecule has 1 aromatic heterocycles. The highest BCUT2D eigenvalue weighted by molar-refractivity contribution is 6.30. The number of nitrogens with zero attached hydrogens (tertiary/aromatic N) is 3. The average Bonchev–Trinajstić information content (AvgIpc) is 2.53. The number of aromatic nitrogens is 2. The van der Waals surface area contributed by atoms with E-state index in [9.17, 15) is 0 Å². The minimum atomic E-state index is 0.319. The first-order chi connectivity index (χ1) is 11.0. The van der Waals surface area contributed by atoms with Gasteiger partial charge in [0.15, 0.2) is 0 Å². The van der Waals surface area contributed by atoms with Crippen LogP contribution in [0, 0.1) is 0 Å². The highest BCUT2D eigenvalue weighted by Crippen LogP contribution is 2.26. The van der Waals surface area contributed by atoms with Crippen molar-refractivity contribution >= 4 is 23.4 Å². The maximum Gasteiger partial charge on any atom is 0.225 e. The van der Waals surface area contributed by atoms with Gasteiger partial charge in [0.25, 0.3) is 0 Å². The molecule has 0 aliphatic carbocycles. The van der Waals surface area contributed by atoms with Gasteiger partial charge in [-0.1, -0.05) is 24.6 Å². The maximum absolute atomic E-state index is 6.10. The Kier molecular flexibility index (Phi) is 4.71. The zero-order valence-electron chi connectivity index (χ0n) is 13.9. The number of anilines is 2. The van der Waals surface area contributed by atoms with Crippen molar-refractivity contribution in [2.75, 3.05) is 16.8 Å². The zero-order chi connectivity index (χ0) is 16.4. The smallest absolute Gasteiger partial charge is 0.225 e. The molecule has 4 nitrogen and oxygen atoms in total. The van der Waals surface area contributed by atoms with Gasteiger partial charge >= 0.3 is 0 Å². The van der Waals surface area contributed by atoms with Crippen LogP contribution in [0.5, 0.6) is 0 Å². The number of nitrogens with one attached hydrogen (secondary N) is 1. The van der Waals surface area contributed by atoms with Crippen LogP contribution in [0.2, 0.25) is 5.02 Å². The molecule has 1 aromatic carbocycles. The number of aryl methyl sites for hydroxylation is 1. The van der Waals surface area contributed by atoms with Gasteiger partial charge in [0.1, 0.15) is 5.82 Å². The van der Waals surface area contributed by atoms with Gasteiger partial charge in [0, 0.05) is 35.9 Å². The maximum atomic E-state index is 6.10. The number of halogens is 1. The number of hydrogen-bond acceptors (Lipinski definition) is 4. The Balaban J connectivity index is 1.88. The Hall–Kier alpha value is -1.81. The molecule has 0 saturated heterocycles. The molecule has 0 spiro atoms. The summed E-state index contributed by atoms with van der Waals surface area (Å²) in [6.45, 7) is 8.15. The molecule has 1 N–H and O–H groups in total. The highest BCUT2D eigenvalue weighted by atomic mass is 35.5. The Morgan fingerprint density at radius 1 is 1.22 bits per heavy atom. The van der Waals surface area contributed by atoms with Crippen molar-refractivity contribution in [3.05, 3.63) is 46.1 Å². The molecule has 0 bridgehead atoms. The van der Waals surface area contributed by atoms with E-state index in [2.05, 4.69) is 54.2 Å². The summed E-state index contributed by atoms with van der Waals surface area (Å²) in [6, 6.07) is 8.59. The molecule has 0 atom stereocenters. The summed E-state index contributed by atoms with van der Waals surface area (Å²) in [5.74, 6) is 1.72. The van der Waals surface area contributed by atoms with Gasteiger partial charge in [-0.05, 0) is 49.9 Å². The zero-order valence-corrected chi connectivity index (χ0v) is 14.7. The van der Waals surface area contributed by atoms with Gasteiger partial charge in [0.2, 0.25) is 5.95 Å². The van der Waals surface area contributed by atoms with E-state index in [4.69, 9.17) is 16.6 Å². The van der Waals surface area contributed by atoms with Gasteiger partial charge in [-0.15, -0.1) is 0 Å². The Labute approximate surface area is 142 Å². The lowest BCUT2D eigenvalue weighted by Crippen LogP contribution is -2.31. The van der Waals surface area contributed by atoms with Gasteiger partial charge in [0.05, 0.1) is 0 Å². The number of rotatable bonds is 4. The monoisotopic (exact) mass is 330 g/mol. The molecule has 1 aliphatic rings. The van der Waals surface area contributed by atoms with Crippen LogP contribution in [0.3, 0.4) is 0 Å². The molecule has 23 heavy (non-hydrogen) atoms. The van der Waals surface area contributed by atoms with E-state index in [1.807, 2.05) is 6.07 Å². The molecule has 0 fully saturated rings. The van der Waals surface area contributed by atoms with Crippen molar-refractivity contribution < 1.29 is 0 Å². The van der Waals surface area contributed by atoms with Crippen molar-refractivity contribution in [2.24, 2.45) is 0 Å². The molecule has 122 valence electrons. The Morgan fingerprint density at radius 3 is 2.78 bits per heavy atom. The van der Waals surface area contributed by atoms with Crippen LogP contribution in [0.25, 0.3) is 0 Å². The van der Waals surface area contributed by atoms with Crippen molar-refractivity contribution in [3.63, 3.8) is 0 Å². The second-order valence-corrected chi connectivity index (χ2v) is 6.71. The van der Waals surface area contributed by atoms with E-state index in [0.717, 1.165) is 48.4 Å². The molecule has 3 rings (SSSR count). The minimum absolute atomic E-state index is 0.319. The average molecular weight is 331 g/mol. The predicted octanol–water partition coefficient (Wildman–Crippen LogP) is 4.08. The quantitative estimate of drug-likeness (QED) is 0.917. The number of benzene rings is 1. The Morgan fingerprint density at radius 2 is 2.04 bits per heavy atom. The van der Waals surface area contributed by atoms with Gasteiger partial charge in [-0.2, -0.15) is 4.98 Å². The van der Waals surface area contributed by atoms with E-state index >= 15 is 0 Å². The molecular weight excluding hydrogens is 308 g/mol. The summed E-state index contributed by atoms with van der Waals surface area (Å²) in [7, 11) is 0. The summed E-state index contributed by atoms with van der Waals surface area (Å²) in [5, 5.41) is 4.13. The molecule has 2 heterocycles. The summed E-state index contributed by atoms with van der Waals surface area (Å²) in [5.41, 5.74) is 3.75. The highest BCUT2D eigenvalue weighted by Gasteiger charge is 2.19. The lowest BCUT2D eigenvalue weighted by atomic mass is 10.00. The summed E-state index contributed by atoms with van der Waals surface area (Å²) < 4.78 is 0. The molecule has 0 radical (unpaired) electrons. The summed E-state index contributed by atoms with van der Waals surface area (Å²) in [4.78, 5) is 11.6. The van der Waals surface area contributed by atoms with Crippen molar-refractivity contribution in [1.29, 1.82) is 0 Å². The lowest BCUT2D eigenvalue weighted by Gasteiger charge is -2.30. The molecule has 5 heteroatoms. The van der Waals surface area contributed by atoms with E-state index in [0.29, 0.717) is 6.04 Å². The Bertz CT molecular complexity index is 699. The summed E-state index contributed by atoms with van der Waals surface area (Å²) in [6.07, 6.45) is 1.90. The first-order valence-electron chi connectivity index (χ1n) is 8.22. The normalized spacial score (nSPS) is 14.0. The molecule has 0 amide bonds. The largest absolute Gasteiger partial charge is 0.352 e. The van der Waals surface area contributed by atoms with Crippen molar-refractivity contribution in [1.82, 2.24) is 9.97 Å². The van der Waals surface area contributed by atoms with Crippen LogP contribution in [0.1, 0.15) is 37.6 Å². The number of fused-ring (bicyclic) bond motifs is 1. The SMILES string of the molecule is CCc1cc(N2CCc3cc(Cl)ccc3C2)nc(NC(C)C)n1. The van der Waals surface area contributed by atoms with Crippen molar-refractivity contribution in [2.45, 2.75) is 46.2 Å². The molecule has 0 saturated carbocycles. The van der Waals surface area contributed by atoms with E-state index < -0.39 is 0 Å². The second kappa shape index (κ2) is 6.75. The van der Waals surface area contributed by atoms with Crippen molar-refractivity contribution in [3.8, 4) is 0 Å². The topological polar surface area (TPSA) is 41.1 Å². The third-order valence-corrected chi connectivity index (χ3v) is 4.29. The van der Waals surface area contributed by atoms with E-state index in [1.54, 1.807) is 0 Å². The van der Waals surface area contributed by atoms with E-state index in [-0.39, 0.29) is 0 Å². The molecular formula is C18H23ClN4. The van der Waals surface area contributed by atoms with Crippen LogP contribution < -0.4 is 10.2 Å². The third kappa shape index (κ3) is 3.75. The first-order valence-corrected chi connectivity index (χ1v) is 8.59. The second-order valence-electron chi connectivity index (χ2n) is 6.28. The fraction of sp³-hybridized carbons (Fsp3) is 0.444. The van der Waals surface area contributed by atoms with Crippen LogP contribution in [-0.4, -0.2) is 22.6 Å². The predicted molar refractivity (Wildman–Crippen MR) is 96.4 cm³/mol. The van der Waals surface area contributed by atoms with Crippen LogP contribution >= 0.6 is 11.6 Å². The van der Waals surface area contributed by atoms with Gasteiger partial charge in [-0.25, -0.2) is 4.98 Å². The standard InChI is InChI=1S/C18H23ClN4/c1-4-16-10-17(22-18(21-16)20-12(2)3)23-8-7-13-9-15(19)6-5-14(13)11-23/h5-6,9-10,12H,4,7-8,11H2,1-3H3,(H,20,21,22). The molecule has 0 unspecified atom stereocenters. The fourth-order valence-electron chi connectivity index (χ4n) is 2.87. The van der Waals surface area contributed by atoms with Crippen LogP contribution in [-0.2, 0) is 19.4 Å². The van der Waals surface area contributed by atoms with Gasteiger partial charge < -0.3 is 10.2 Å². The lowest BCUT2D eigenvalue weighted by molar-refractivity contribution is 0.716. The minimum Gasteiger partial charge on any atom is -0.352 e. The third-order valence-electron chi connectivity index (χ3n) is 4.05. The van der Waals surface area contributed by atoms with E-state index in [1.165, 1.54) is 11.1 Å². The first kappa shape index (κ1) is 16.1. The summed E-state index contributed by atoms with van der Waals surface area (Å²) >= 11 is 6.10. The molecule has 1 aliphatic heterocycles. The molecule has 2 aromatic rings. The fourth-order valence-corrected chi connectivity index (χ4v) is 3.06. The van der Waals surface area contributed by atoms with Crippen LogP contribution in [0.4, 0.5) is 11.8 Å². The van der Waals surface area contributed by atoms with Crippen LogP contribution in [0.15, 0.2) is 24.3 Å². The number of hydrogen-bond donors (Lipinski definition) is 1.